The first-order valence-corrected chi connectivity index (χ1v) is 49.3. The van der Waals surface area contributed by atoms with Crippen LogP contribution in [0.4, 0.5) is 34.1 Å². The number of aromatic nitrogens is 3. The number of nitrogens with zero attached hydrogens (tertiary/aromatic N) is 5. The smallest absolute Gasteiger partial charge is 0.252 e. The SMILES string of the molecule is [2H]c1c([2H])c(C(C)(C)C)c(-c2c([2H])c(C(C)(C)C)c([2H])c(-c3c([2H])c([2H])c(C(C)(C)C)c([2H])c3[2H])c2N2c3cc(-n4c5ccc(C(C)(C)C)cc5c5cc(C(C)(C)C)ccc54)ccc3B3c4ccc(-n5c6ccc(C(C)(C)C)cc6c6cc(C(C)(C)C)ccc65)cc4N(c4c(-c5c([2H])c([2H])c(C(C)(C)C)c([2H])c5[2H])c([2H])c(C(C)(C)C)c([2H])c4-c4c([2H])c([2H])c(C(C)(C)C)c([2H])c4[2H])c4cc(-n5c6c([2H])c([2H])c([2H])c([2H])c6c6c([2H])c([2H])c([2H])c([2H])c65)cc2c43)c(C(C)(C)C)c1[2H]. The number of hydrogen-bond donors (Lipinski definition) is 0. The zero-order valence-corrected chi connectivity index (χ0v) is 87.9. The van der Waals surface area contributed by atoms with Gasteiger partial charge in [0.2, 0.25) is 0 Å². The third-order valence-corrected chi connectivity index (χ3v) is 28.2. The Bertz CT molecular complexity index is 9380. The van der Waals surface area contributed by atoms with E-state index in [4.69, 9.17) is 0 Å². The molecule has 0 saturated heterocycles. The van der Waals surface area contributed by atoms with Crippen molar-refractivity contribution in [1.82, 2.24) is 13.7 Å². The van der Waals surface area contributed by atoms with E-state index >= 15 is 0 Å². The van der Waals surface area contributed by atoms with E-state index < -0.39 is 285 Å². The summed E-state index contributed by atoms with van der Waals surface area (Å²) in [7, 11) is 0. The molecule has 2 aliphatic rings. The number of fused-ring (bicyclic) bond motifs is 13. The molecule has 0 atom stereocenters. The van der Waals surface area contributed by atoms with Crippen molar-refractivity contribution >= 4 is 123 Å². The topological polar surface area (TPSA) is 21.3 Å². The summed E-state index contributed by atoms with van der Waals surface area (Å²) in [6, 6.07) is 23.5. The zero-order chi connectivity index (χ0) is 124. The van der Waals surface area contributed by atoms with E-state index in [1.54, 1.807) is 126 Å². The molecule has 710 valence electrons. The molecular formula is C134H146BN5. The maximum Gasteiger partial charge on any atom is 0.252 e. The van der Waals surface area contributed by atoms with Gasteiger partial charge >= 0.3 is 0 Å². The van der Waals surface area contributed by atoms with Crippen molar-refractivity contribution < 1.29 is 37.0 Å². The molecule has 5 nitrogen and oxygen atoms in total. The van der Waals surface area contributed by atoms with Gasteiger partial charge in [-0.25, -0.2) is 0 Å². The van der Waals surface area contributed by atoms with Crippen LogP contribution in [-0.4, -0.2) is 20.4 Å². The molecule has 0 bridgehead atoms. The predicted octanol–water partition coefficient (Wildman–Crippen LogP) is 36.0. The minimum atomic E-state index is -1.43. The molecule has 0 unspecified atom stereocenters. The van der Waals surface area contributed by atoms with E-state index in [-0.39, 0.29) is 95.2 Å². The third-order valence-electron chi connectivity index (χ3n) is 28.2. The van der Waals surface area contributed by atoms with Gasteiger partial charge in [-0.05, 0) is 281 Å². The van der Waals surface area contributed by atoms with Crippen LogP contribution in [0.25, 0.3) is 127 Å². The van der Waals surface area contributed by atoms with Crippen molar-refractivity contribution in [3.63, 3.8) is 0 Å². The van der Waals surface area contributed by atoms with E-state index in [0.29, 0.717) is 33.3 Å². The number of hydrogen-bond acceptors (Lipinski definition) is 2. The summed E-state index contributed by atoms with van der Waals surface area (Å²) in [5, 5.41) is 2.63. The fraction of sp³-hybridized carbons (Fsp3) is 0.328. The van der Waals surface area contributed by atoms with E-state index in [1.807, 2.05) is 77.9 Å². The maximum atomic E-state index is 12.2. The molecule has 15 aromatic carbocycles. The van der Waals surface area contributed by atoms with E-state index in [0.717, 1.165) is 54.8 Å². The van der Waals surface area contributed by atoms with Crippen LogP contribution in [0.15, 0.2) is 284 Å². The third kappa shape index (κ3) is 16.3. The quantitative estimate of drug-likeness (QED) is 0.134. The molecule has 3 aromatic heterocycles. The fourth-order valence-corrected chi connectivity index (χ4v) is 20.2. The Morgan fingerprint density at radius 2 is 0.486 bits per heavy atom. The van der Waals surface area contributed by atoms with Crippen LogP contribution < -0.4 is 26.2 Å². The van der Waals surface area contributed by atoms with Gasteiger partial charge in [-0.2, -0.15) is 0 Å². The van der Waals surface area contributed by atoms with Gasteiger partial charge in [0.1, 0.15) is 0 Å². The van der Waals surface area contributed by atoms with Gasteiger partial charge in [0.15, 0.2) is 0 Å². The highest BCUT2D eigenvalue weighted by Crippen LogP contribution is 2.59. The summed E-state index contributed by atoms with van der Waals surface area (Å²) in [5.41, 5.74) is -6.95. The average molecular weight is 1860 g/mol. The zero-order valence-electron chi connectivity index (χ0n) is 115. The number of benzene rings is 15. The highest BCUT2D eigenvalue weighted by Gasteiger charge is 2.48. The number of para-hydroxylation sites is 2. The Morgan fingerprint density at radius 1 is 0.214 bits per heavy atom. The van der Waals surface area contributed by atoms with Gasteiger partial charge in [0.05, 0.1) is 87.2 Å². The molecule has 0 fully saturated rings. The van der Waals surface area contributed by atoms with Crippen LogP contribution in [0.2, 0.25) is 0 Å². The Morgan fingerprint density at radius 3 is 0.779 bits per heavy atom. The summed E-state index contributed by atoms with van der Waals surface area (Å²) in [5.74, 6) is 0. The summed E-state index contributed by atoms with van der Waals surface area (Å²) in [6.45, 7) is 61.8. The lowest BCUT2D eigenvalue weighted by Gasteiger charge is -2.46. The largest absolute Gasteiger partial charge is 0.310 e. The van der Waals surface area contributed by atoms with Crippen molar-refractivity contribution in [3.8, 4) is 61.6 Å². The Labute approximate surface area is 874 Å². The first-order chi connectivity index (χ1) is 76.7. The van der Waals surface area contributed by atoms with Gasteiger partial charge in [-0.15, -0.1) is 0 Å². The van der Waals surface area contributed by atoms with Crippen molar-refractivity contribution in [2.45, 2.75) is 288 Å². The van der Waals surface area contributed by atoms with Gasteiger partial charge in [0.25, 0.3) is 6.71 Å². The second kappa shape index (κ2) is 32.5. The molecule has 20 rings (SSSR count). The Balaban J connectivity index is 1.17. The molecule has 0 spiro atoms. The summed E-state index contributed by atoms with van der Waals surface area (Å²) >= 11 is 0. The predicted molar refractivity (Wildman–Crippen MR) is 611 cm³/mol. The van der Waals surface area contributed by atoms with Gasteiger partial charge < -0.3 is 23.5 Å². The van der Waals surface area contributed by atoms with Crippen molar-refractivity contribution in [2.75, 3.05) is 9.80 Å². The van der Waals surface area contributed by atoms with Crippen LogP contribution in [0.5, 0.6) is 0 Å². The molecule has 0 N–H and O–H groups in total. The van der Waals surface area contributed by atoms with Crippen LogP contribution in [-0.2, 0) is 59.6 Å². The van der Waals surface area contributed by atoms with Gasteiger partial charge in [0, 0.05) is 88.7 Å². The average Bonchev–Trinajstić information content (AvgIpc) is 1.68. The second-order valence-electron chi connectivity index (χ2n) is 50.3. The molecule has 2 aliphatic heterocycles. The number of rotatable bonds is 9. The summed E-state index contributed by atoms with van der Waals surface area (Å²) in [4.78, 5) is 3.43. The molecule has 0 radical (unpaired) electrons. The maximum absolute atomic E-state index is 12.2. The molecule has 5 heterocycles. The Kier molecular flexibility index (Phi) is 15.7. The highest BCUT2D eigenvalue weighted by atomic mass is 15.2. The lowest BCUT2D eigenvalue weighted by molar-refractivity contribution is 0.571. The summed E-state index contributed by atoms with van der Waals surface area (Å²) < 4.78 is 298. The van der Waals surface area contributed by atoms with Gasteiger partial charge in [-0.1, -0.05) is 392 Å². The fourth-order valence-electron chi connectivity index (χ4n) is 20.2. The monoisotopic (exact) mass is 1860 g/mol. The van der Waals surface area contributed by atoms with E-state index in [9.17, 15) is 37.0 Å². The van der Waals surface area contributed by atoms with E-state index in [1.165, 1.54) is 4.57 Å². The van der Waals surface area contributed by atoms with E-state index in [2.05, 4.69) is 165 Å². The van der Waals surface area contributed by atoms with Crippen molar-refractivity contribution in [2.24, 2.45) is 0 Å². The minimum Gasteiger partial charge on any atom is -0.310 e. The molecule has 0 amide bonds. The lowest BCUT2D eigenvalue weighted by Crippen LogP contribution is -2.61. The van der Waals surface area contributed by atoms with Crippen LogP contribution in [0, 0.1) is 0 Å². The molecule has 18 aromatic rings. The lowest BCUT2D eigenvalue weighted by atomic mass is 9.33. The van der Waals surface area contributed by atoms with Gasteiger partial charge in [-0.3, -0.25) is 0 Å². The Hall–Kier alpha value is -12.6. The standard InChI is InChI=1S/C134H146BN5/c1-124(2,3)84-51-45-81(46-52-84)98-73-91(131(22,23)24)74-99(82-47-53-85(54-48-82)125(4,5)6)122(98)139-116-77-93(136-112-65-57-87(127(10,11)12)69-101(112)102-70-88(128(13,14)15)58-66-113(102)136)61-63-108(116)135-109-64-62-94(137-114-67-59-89(129(16,17)18)71-103(114)104-72-90(130(19,20)21)60-68-115(104)137)78-117(109)140(119-80-95(79-118(139)121(119)135)138-110-43-36-34-39-96(110)97-40-35-37-44-111(97)138)123-100(83-49-55-86(56-50-83)126(7,8)9)75-92(132(25,26)27)76-105(123)120-106(133(28,29)30)41-38-42-107(120)134(31,32)33/h34-80H,1-33H3/i34D,35D,36D,37D,38D,39D,40D,41D,42D,43D,44D,45D,46D,47D,48D,49D,50D,51D,52D,53D,54D,55D,56D,73D,74D,75D,76D. The second-order valence-corrected chi connectivity index (χ2v) is 50.3. The molecular weight excluding hydrogens is 1690 g/mol. The van der Waals surface area contributed by atoms with Crippen LogP contribution in [0.3, 0.4) is 0 Å². The van der Waals surface area contributed by atoms with Crippen LogP contribution in [0.1, 0.15) is 327 Å². The van der Waals surface area contributed by atoms with Crippen LogP contribution >= 0.6 is 0 Å². The van der Waals surface area contributed by atoms with Crippen molar-refractivity contribution in [3.05, 3.63) is 346 Å². The first-order valence-electron chi connectivity index (χ1n) is 62.8. The first kappa shape index (κ1) is 67.7. The minimum absolute atomic E-state index is 0.0109. The molecule has 0 aliphatic carbocycles. The summed E-state index contributed by atoms with van der Waals surface area (Å²) in [6.07, 6.45) is 0. The number of anilines is 6. The molecule has 140 heavy (non-hydrogen) atoms. The normalized spacial score (nSPS) is 16.6. The highest BCUT2D eigenvalue weighted by molar-refractivity contribution is 7.00. The molecule has 0 saturated carbocycles. The molecule has 6 heteroatoms. The van der Waals surface area contributed by atoms with Crippen molar-refractivity contribution in [1.29, 1.82) is 0 Å².